The van der Waals surface area contributed by atoms with E-state index in [-0.39, 0.29) is 5.97 Å². The Morgan fingerprint density at radius 1 is 1.30 bits per heavy atom. The molecule has 1 heterocycles. The first kappa shape index (κ1) is 16.2. The molecule has 3 rings (SSSR count). The first-order valence-electron chi connectivity index (χ1n) is 8.02. The monoisotopic (exact) mass is 332 g/mol. The highest BCUT2D eigenvalue weighted by Gasteiger charge is 2.40. The summed E-state index contributed by atoms with van der Waals surface area (Å²) < 4.78 is 5.05. The van der Waals surface area contributed by atoms with Crippen molar-refractivity contribution in [2.24, 2.45) is 0 Å². The van der Waals surface area contributed by atoms with Gasteiger partial charge in [-0.15, -0.1) is 0 Å². The summed E-state index contributed by atoms with van der Waals surface area (Å²) in [5, 5.41) is 5.15. The Labute approximate surface area is 141 Å². The van der Waals surface area contributed by atoms with E-state index in [4.69, 9.17) is 16.3 Å². The van der Waals surface area contributed by atoms with Crippen LogP contribution in [0, 0.1) is 0 Å². The Hall–Kier alpha value is -1.65. The number of nitrogens with one attached hydrogen (secondary N) is 1. The molecule has 122 valence electrons. The van der Waals surface area contributed by atoms with Crippen molar-refractivity contribution in [3.63, 3.8) is 0 Å². The van der Waals surface area contributed by atoms with Gasteiger partial charge in [-0.2, -0.15) is 0 Å². The van der Waals surface area contributed by atoms with Crippen LogP contribution in [0.1, 0.15) is 37.7 Å². The molecule has 0 amide bonds. The third kappa shape index (κ3) is 3.19. The summed E-state index contributed by atoms with van der Waals surface area (Å²) in [5.74, 6) is -0.179. The fraction of sp³-hybridized carbons (Fsp3) is 0.444. The van der Waals surface area contributed by atoms with Gasteiger partial charge in [-0.05, 0) is 25.0 Å². The second-order valence-electron chi connectivity index (χ2n) is 6.09. The van der Waals surface area contributed by atoms with Gasteiger partial charge in [0.1, 0.15) is 5.54 Å². The van der Waals surface area contributed by atoms with Crippen LogP contribution in [0.25, 0.3) is 10.9 Å². The number of esters is 1. The van der Waals surface area contributed by atoms with Gasteiger partial charge >= 0.3 is 5.97 Å². The molecule has 1 fully saturated rings. The van der Waals surface area contributed by atoms with Crippen molar-refractivity contribution in [1.82, 2.24) is 10.3 Å². The first-order chi connectivity index (χ1) is 11.2. The van der Waals surface area contributed by atoms with Crippen molar-refractivity contribution in [2.75, 3.05) is 7.11 Å². The number of halogens is 1. The van der Waals surface area contributed by atoms with E-state index in [1.54, 1.807) is 6.20 Å². The molecule has 1 aliphatic carbocycles. The van der Waals surface area contributed by atoms with Crippen molar-refractivity contribution in [3.8, 4) is 0 Å². The van der Waals surface area contributed by atoms with Crippen LogP contribution in [0.5, 0.6) is 0 Å². The summed E-state index contributed by atoms with van der Waals surface area (Å²) in [6, 6.07) is 7.77. The maximum Gasteiger partial charge on any atom is 0.326 e. The summed E-state index contributed by atoms with van der Waals surface area (Å²) in [4.78, 5) is 16.8. The number of aromatic nitrogens is 1. The molecule has 0 spiro atoms. The quantitative estimate of drug-likeness (QED) is 0.864. The van der Waals surface area contributed by atoms with Crippen molar-refractivity contribution >= 4 is 28.5 Å². The zero-order valence-corrected chi connectivity index (χ0v) is 14.0. The van der Waals surface area contributed by atoms with E-state index in [1.165, 1.54) is 7.11 Å². The summed E-state index contributed by atoms with van der Waals surface area (Å²) >= 11 is 6.38. The molecular weight excluding hydrogens is 312 g/mol. The summed E-state index contributed by atoms with van der Waals surface area (Å²) in [5.41, 5.74) is 1.20. The minimum atomic E-state index is -0.604. The van der Waals surface area contributed by atoms with Gasteiger partial charge in [0, 0.05) is 28.7 Å². The molecule has 1 N–H and O–H groups in total. The number of benzene rings is 1. The molecule has 4 nitrogen and oxygen atoms in total. The lowest BCUT2D eigenvalue weighted by Gasteiger charge is -2.35. The van der Waals surface area contributed by atoms with Crippen LogP contribution in [-0.2, 0) is 16.1 Å². The van der Waals surface area contributed by atoms with Gasteiger partial charge < -0.3 is 4.74 Å². The van der Waals surface area contributed by atoms with Crippen LogP contribution in [0.4, 0.5) is 0 Å². The summed E-state index contributed by atoms with van der Waals surface area (Å²) in [6.45, 7) is 0.502. The molecule has 0 radical (unpaired) electrons. The molecule has 0 aliphatic heterocycles. The summed E-state index contributed by atoms with van der Waals surface area (Å²) in [6.07, 6.45) is 6.59. The number of ether oxygens (including phenoxy) is 1. The van der Waals surface area contributed by atoms with Crippen LogP contribution in [0.15, 0.2) is 30.5 Å². The van der Waals surface area contributed by atoms with E-state index < -0.39 is 5.54 Å². The highest BCUT2D eigenvalue weighted by Crippen LogP contribution is 2.31. The minimum Gasteiger partial charge on any atom is -0.468 e. The normalized spacial score (nSPS) is 17.1. The van der Waals surface area contributed by atoms with Crippen molar-refractivity contribution < 1.29 is 9.53 Å². The van der Waals surface area contributed by atoms with Gasteiger partial charge in [-0.25, -0.2) is 0 Å². The van der Waals surface area contributed by atoms with E-state index in [9.17, 15) is 4.79 Å². The van der Waals surface area contributed by atoms with E-state index in [2.05, 4.69) is 10.3 Å². The third-order valence-corrected chi connectivity index (χ3v) is 5.06. The number of methoxy groups -OCH3 is 1. The van der Waals surface area contributed by atoms with E-state index in [1.807, 2.05) is 24.3 Å². The molecule has 2 aromatic rings. The second kappa shape index (κ2) is 6.85. The second-order valence-corrected chi connectivity index (χ2v) is 6.50. The molecule has 1 aliphatic rings. The minimum absolute atomic E-state index is 0.179. The van der Waals surface area contributed by atoms with E-state index in [0.29, 0.717) is 11.6 Å². The number of carbonyl (C=O) groups excluding carboxylic acids is 1. The lowest BCUT2D eigenvalue weighted by atomic mass is 9.81. The topological polar surface area (TPSA) is 51.2 Å². The maximum atomic E-state index is 12.3. The van der Waals surface area contributed by atoms with Gasteiger partial charge in [-0.1, -0.05) is 43.0 Å². The molecule has 1 aromatic heterocycles. The average Bonchev–Trinajstić information content (AvgIpc) is 2.61. The lowest BCUT2D eigenvalue weighted by Crippen LogP contribution is -2.53. The zero-order chi connectivity index (χ0) is 16.3. The average molecular weight is 333 g/mol. The van der Waals surface area contributed by atoms with Crippen LogP contribution in [0.2, 0.25) is 5.02 Å². The predicted octanol–water partition coefficient (Wildman–Crippen LogP) is 3.85. The van der Waals surface area contributed by atoms with Crippen molar-refractivity contribution in [1.29, 1.82) is 0 Å². The summed E-state index contributed by atoms with van der Waals surface area (Å²) in [7, 11) is 1.45. The van der Waals surface area contributed by atoms with E-state index >= 15 is 0 Å². The number of rotatable bonds is 4. The van der Waals surface area contributed by atoms with Crippen LogP contribution < -0.4 is 5.32 Å². The fourth-order valence-corrected chi connectivity index (χ4v) is 3.63. The maximum absolute atomic E-state index is 12.3. The molecule has 1 aromatic carbocycles. The molecule has 0 unspecified atom stereocenters. The fourth-order valence-electron chi connectivity index (χ4n) is 3.41. The van der Waals surface area contributed by atoms with Gasteiger partial charge in [0.05, 0.1) is 12.6 Å². The Morgan fingerprint density at radius 2 is 2.09 bits per heavy atom. The van der Waals surface area contributed by atoms with Gasteiger partial charge in [-0.3, -0.25) is 15.1 Å². The lowest BCUT2D eigenvalue weighted by molar-refractivity contribution is -0.150. The molecule has 23 heavy (non-hydrogen) atoms. The van der Waals surface area contributed by atoms with Crippen molar-refractivity contribution in [3.05, 3.63) is 41.0 Å². The first-order valence-corrected chi connectivity index (χ1v) is 8.40. The molecule has 1 saturated carbocycles. The van der Waals surface area contributed by atoms with Crippen molar-refractivity contribution in [2.45, 2.75) is 44.2 Å². The molecule has 0 bridgehead atoms. The third-order valence-electron chi connectivity index (χ3n) is 4.71. The Morgan fingerprint density at radius 3 is 2.83 bits per heavy atom. The highest BCUT2D eigenvalue weighted by atomic mass is 35.5. The molecule has 0 saturated heterocycles. The number of hydrogen-bond donors (Lipinski definition) is 1. The molecule has 0 atom stereocenters. The standard InChI is InChI=1S/C18H21ClN2O2/c1-23-17(22)18(9-3-2-4-10-18)21-12-14-15(19)8-7-13-6-5-11-20-16(13)14/h5-8,11,21H,2-4,9-10,12H2,1H3. The number of carbonyl (C=O) groups is 1. The smallest absolute Gasteiger partial charge is 0.326 e. The molecular formula is C18H21ClN2O2. The SMILES string of the molecule is COC(=O)C1(NCc2c(Cl)ccc3cccnc23)CCCCC1. The van der Waals surface area contributed by atoms with Crippen LogP contribution in [0.3, 0.4) is 0 Å². The Kier molecular flexibility index (Phi) is 4.83. The highest BCUT2D eigenvalue weighted by molar-refractivity contribution is 6.32. The Bertz CT molecular complexity index is 711. The number of pyridine rings is 1. The predicted molar refractivity (Wildman–Crippen MR) is 91.4 cm³/mol. The Balaban J connectivity index is 1.89. The molecule has 5 heteroatoms. The number of nitrogens with zero attached hydrogens (tertiary/aromatic N) is 1. The number of hydrogen-bond acceptors (Lipinski definition) is 4. The zero-order valence-electron chi connectivity index (χ0n) is 13.3. The van der Waals surface area contributed by atoms with Gasteiger partial charge in [0.25, 0.3) is 0 Å². The largest absolute Gasteiger partial charge is 0.468 e. The van der Waals surface area contributed by atoms with Crippen LogP contribution >= 0.6 is 11.6 Å². The van der Waals surface area contributed by atoms with Crippen LogP contribution in [-0.4, -0.2) is 23.6 Å². The number of fused-ring (bicyclic) bond motifs is 1. The van der Waals surface area contributed by atoms with E-state index in [0.717, 1.165) is 48.6 Å². The van der Waals surface area contributed by atoms with Gasteiger partial charge in [0.2, 0.25) is 0 Å². The van der Waals surface area contributed by atoms with Gasteiger partial charge in [0.15, 0.2) is 0 Å².